The maximum atomic E-state index is 13.8. The van der Waals surface area contributed by atoms with Gasteiger partial charge in [0.1, 0.15) is 6.04 Å². The minimum absolute atomic E-state index is 0.0268. The number of nitrogens with zero attached hydrogens (tertiary/aromatic N) is 2. The predicted octanol–water partition coefficient (Wildman–Crippen LogP) is 0.519. The van der Waals surface area contributed by atoms with Crippen molar-refractivity contribution in [3.8, 4) is 0 Å². The van der Waals surface area contributed by atoms with Crippen LogP contribution in [0.2, 0.25) is 0 Å². The number of nitrogens with two attached hydrogens (primary N) is 1. The largest absolute Gasteiger partial charge is 0.481 e. The predicted molar refractivity (Wildman–Crippen MR) is 177 cm³/mol. The van der Waals surface area contributed by atoms with Crippen LogP contribution in [0.25, 0.3) is 10.8 Å². The summed E-state index contributed by atoms with van der Waals surface area (Å²) in [5, 5.41) is 30.4. The van der Waals surface area contributed by atoms with Gasteiger partial charge in [-0.15, -0.1) is 0 Å². The fourth-order valence-electron chi connectivity index (χ4n) is 5.02. The van der Waals surface area contributed by atoms with Crippen LogP contribution in [0, 0.1) is 11.3 Å². The van der Waals surface area contributed by atoms with Crippen LogP contribution in [0.1, 0.15) is 46.0 Å². The number of carboxylic acid groups (broad SMARTS) is 2. The standard InChI is InChI=1S/C29H41N7O7S.C2H4O2/c1-2-3-13-35(15-12-32-26(38)28(40)41)27(39)24(17-25(37)33-18-20-7-6-14-36(19-20)29(30)31)34-44(42,43)23-11-10-21-8-4-5-9-22(21)16-23;1-2(3)4/h4-5,8-11,16,20,24,34H,2-3,6-7,12-15,17-19H2,1H3,(H3,30,31)(H,32,38)(H,33,37)(H,40,41);1H3,(H,3,4)/t20-,24-;/m0./s1. The normalized spacial score (nSPS) is 15.0. The number of sulfonamides is 1. The monoisotopic (exact) mass is 691 g/mol. The summed E-state index contributed by atoms with van der Waals surface area (Å²) in [6.07, 6.45) is 2.39. The molecule has 0 unspecified atom stereocenters. The highest BCUT2D eigenvalue weighted by Crippen LogP contribution is 2.20. The van der Waals surface area contributed by atoms with E-state index >= 15 is 0 Å². The Morgan fingerprint density at radius 2 is 1.73 bits per heavy atom. The third-order valence-electron chi connectivity index (χ3n) is 7.42. The van der Waals surface area contributed by atoms with Gasteiger partial charge in [-0.3, -0.25) is 24.6 Å². The van der Waals surface area contributed by atoms with E-state index in [0.717, 1.165) is 25.2 Å². The number of hydrogen-bond donors (Lipinski definition) is 7. The number of unbranched alkanes of at least 4 members (excludes halogenated alkanes) is 1. The number of amides is 3. The van der Waals surface area contributed by atoms with Crippen LogP contribution >= 0.6 is 0 Å². The molecule has 16 nitrogen and oxygen atoms in total. The summed E-state index contributed by atoms with van der Waals surface area (Å²) < 4.78 is 29.5. The van der Waals surface area contributed by atoms with E-state index in [1.165, 1.54) is 17.0 Å². The van der Waals surface area contributed by atoms with Crippen molar-refractivity contribution in [3.05, 3.63) is 42.5 Å². The molecule has 3 rings (SSSR count). The molecule has 48 heavy (non-hydrogen) atoms. The van der Waals surface area contributed by atoms with Crippen LogP contribution in [0.3, 0.4) is 0 Å². The maximum absolute atomic E-state index is 13.8. The Labute approximate surface area is 279 Å². The first kappa shape index (κ1) is 39.4. The molecule has 1 aliphatic rings. The average Bonchev–Trinajstić information content (AvgIpc) is 3.04. The van der Waals surface area contributed by atoms with Gasteiger partial charge in [-0.25, -0.2) is 13.2 Å². The van der Waals surface area contributed by atoms with Crippen molar-refractivity contribution in [1.29, 1.82) is 5.41 Å². The lowest BCUT2D eigenvalue weighted by Gasteiger charge is -2.33. The molecular weight excluding hydrogens is 646 g/mol. The number of fused-ring (bicyclic) bond motifs is 1. The molecule has 1 saturated heterocycles. The van der Waals surface area contributed by atoms with Crippen molar-refractivity contribution in [1.82, 2.24) is 25.2 Å². The number of nitrogens with one attached hydrogen (secondary N) is 4. The molecule has 8 N–H and O–H groups in total. The second-order valence-electron chi connectivity index (χ2n) is 11.3. The van der Waals surface area contributed by atoms with Gasteiger partial charge in [0.25, 0.3) is 5.97 Å². The highest BCUT2D eigenvalue weighted by molar-refractivity contribution is 7.89. The molecule has 3 amide bonds. The quantitative estimate of drug-likeness (QED) is 0.0817. The zero-order valence-electron chi connectivity index (χ0n) is 27.1. The number of carboxylic acids is 2. The average molecular weight is 692 g/mol. The summed E-state index contributed by atoms with van der Waals surface area (Å²) in [5.41, 5.74) is 5.61. The van der Waals surface area contributed by atoms with Gasteiger partial charge < -0.3 is 36.4 Å². The van der Waals surface area contributed by atoms with Crippen LogP contribution in [0.15, 0.2) is 47.4 Å². The SMILES string of the molecule is CC(=O)O.CCCCN(CCNC(=O)C(=O)O)C(=O)[C@H](CC(=O)NC[C@@H]1CCCN(C(=N)N)C1)NS(=O)(=O)c1ccc2ccccc2c1. The Morgan fingerprint density at radius 3 is 2.35 bits per heavy atom. The minimum Gasteiger partial charge on any atom is -0.481 e. The summed E-state index contributed by atoms with van der Waals surface area (Å²) in [7, 11) is -4.26. The van der Waals surface area contributed by atoms with Gasteiger partial charge in [0.15, 0.2) is 5.96 Å². The van der Waals surface area contributed by atoms with Crippen molar-refractivity contribution in [2.45, 2.75) is 56.9 Å². The molecule has 1 aliphatic heterocycles. The number of carbonyl (C=O) groups is 5. The number of piperidine rings is 1. The van der Waals surface area contributed by atoms with E-state index < -0.39 is 52.1 Å². The molecule has 1 heterocycles. The zero-order valence-corrected chi connectivity index (χ0v) is 27.9. The van der Waals surface area contributed by atoms with Gasteiger partial charge in [0, 0.05) is 46.2 Å². The summed E-state index contributed by atoms with van der Waals surface area (Å²) in [6, 6.07) is 10.3. The first-order valence-corrected chi connectivity index (χ1v) is 17.0. The fourth-order valence-corrected chi connectivity index (χ4v) is 6.24. The third-order valence-corrected chi connectivity index (χ3v) is 8.89. The van der Waals surface area contributed by atoms with Gasteiger partial charge in [0.2, 0.25) is 21.8 Å². The number of rotatable bonds is 14. The Morgan fingerprint density at radius 1 is 1.06 bits per heavy atom. The van der Waals surface area contributed by atoms with Crippen molar-refractivity contribution >= 4 is 56.4 Å². The molecule has 0 aromatic heterocycles. The zero-order chi connectivity index (χ0) is 35.9. The first-order valence-electron chi connectivity index (χ1n) is 15.5. The molecule has 1 fully saturated rings. The fraction of sp³-hybridized carbons (Fsp3) is 0.484. The van der Waals surface area contributed by atoms with Gasteiger partial charge in [0.05, 0.1) is 11.3 Å². The Bertz CT molecular complexity index is 1560. The van der Waals surface area contributed by atoms with Crippen LogP contribution in [0.5, 0.6) is 0 Å². The molecule has 264 valence electrons. The van der Waals surface area contributed by atoms with E-state index in [0.29, 0.717) is 31.3 Å². The Hall–Kier alpha value is -4.77. The smallest absolute Gasteiger partial charge is 0.394 e. The van der Waals surface area contributed by atoms with E-state index in [-0.39, 0.29) is 43.0 Å². The number of hydrogen-bond acceptors (Lipinski definition) is 8. The molecule has 2 aromatic carbocycles. The van der Waals surface area contributed by atoms with Crippen LogP contribution in [-0.4, -0.2) is 109 Å². The lowest BCUT2D eigenvalue weighted by Crippen LogP contribution is -2.52. The number of carbonyl (C=O) groups excluding carboxylic acids is 3. The summed E-state index contributed by atoms with van der Waals surface area (Å²) >= 11 is 0. The summed E-state index contributed by atoms with van der Waals surface area (Å²) in [6.45, 7) is 4.36. The molecule has 17 heteroatoms. The van der Waals surface area contributed by atoms with Gasteiger partial charge in [-0.2, -0.15) is 4.72 Å². The highest BCUT2D eigenvalue weighted by atomic mass is 32.2. The van der Waals surface area contributed by atoms with Crippen molar-refractivity contribution in [3.63, 3.8) is 0 Å². The summed E-state index contributed by atoms with van der Waals surface area (Å²) in [4.78, 5) is 61.2. The Balaban J connectivity index is 0.00000189. The third kappa shape index (κ3) is 13.2. The molecule has 0 aliphatic carbocycles. The maximum Gasteiger partial charge on any atom is 0.394 e. The van der Waals surface area contributed by atoms with E-state index in [1.54, 1.807) is 23.1 Å². The minimum atomic E-state index is -4.26. The second kappa shape index (κ2) is 19.1. The van der Waals surface area contributed by atoms with E-state index in [2.05, 4.69) is 15.4 Å². The van der Waals surface area contributed by atoms with Gasteiger partial charge in [-0.1, -0.05) is 43.7 Å². The Kier molecular flexibility index (Phi) is 15.7. The van der Waals surface area contributed by atoms with E-state index in [1.807, 2.05) is 19.1 Å². The number of likely N-dealkylation sites (tertiary alicyclic amines) is 1. The van der Waals surface area contributed by atoms with Crippen molar-refractivity contribution in [2.75, 3.05) is 39.3 Å². The van der Waals surface area contributed by atoms with Gasteiger partial charge >= 0.3 is 11.9 Å². The lowest BCUT2D eigenvalue weighted by atomic mass is 9.98. The van der Waals surface area contributed by atoms with Crippen molar-refractivity contribution < 1.29 is 42.6 Å². The number of benzene rings is 2. The molecule has 0 bridgehead atoms. The van der Waals surface area contributed by atoms with Crippen LogP contribution < -0.4 is 21.1 Å². The second-order valence-corrected chi connectivity index (χ2v) is 13.0. The molecule has 0 saturated carbocycles. The topological polar surface area (TPSA) is 252 Å². The molecule has 2 aromatic rings. The lowest BCUT2D eigenvalue weighted by molar-refractivity contribution is -0.150. The van der Waals surface area contributed by atoms with Crippen molar-refractivity contribution in [2.24, 2.45) is 11.7 Å². The summed E-state index contributed by atoms with van der Waals surface area (Å²) in [5.74, 6) is -4.96. The highest BCUT2D eigenvalue weighted by Gasteiger charge is 2.32. The van der Waals surface area contributed by atoms with E-state index in [4.69, 9.17) is 26.2 Å². The molecule has 0 radical (unpaired) electrons. The number of aliphatic carboxylic acids is 2. The molecule has 0 spiro atoms. The van der Waals surface area contributed by atoms with Crippen LogP contribution in [0.4, 0.5) is 0 Å². The van der Waals surface area contributed by atoms with Gasteiger partial charge in [-0.05, 0) is 48.1 Å². The number of guanidine groups is 1. The first-order chi connectivity index (χ1) is 22.6. The molecular formula is C31H45N7O9S. The van der Waals surface area contributed by atoms with E-state index in [9.17, 15) is 27.6 Å². The molecule has 2 atom stereocenters. The van der Waals surface area contributed by atoms with Crippen LogP contribution in [-0.2, 0) is 34.0 Å².